The fourth-order valence-electron chi connectivity index (χ4n) is 1.78. The van der Waals surface area contributed by atoms with E-state index < -0.39 is 0 Å². The third kappa shape index (κ3) is 2.83. The Kier molecular flexibility index (Phi) is 3.93. The number of nitrogens with one attached hydrogen (secondary N) is 1. The third-order valence-corrected chi connectivity index (χ3v) is 2.63. The van der Waals surface area contributed by atoms with Gasteiger partial charge in [-0.15, -0.1) is 0 Å². The quantitative estimate of drug-likeness (QED) is 0.537. The van der Waals surface area contributed by atoms with Crippen molar-refractivity contribution in [2.75, 3.05) is 6.61 Å². The summed E-state index contributed by atoms with van der Waals surface area (Å²) in [6.45, 7) is 2.31. The second-order valence-electron chi connectivity index (χ2n) is 3.53. The molecule has 0 saturated heterocycles. The Hall–Kier alpha value is -0.860. The summed E-state index contributed by atoms with van der Waals surface area (Å²) in [6.07, 6.45) is 5.21. The maximum absolute atomic E-state index is 11.3. The van der Waals surface area contributed by atoms with Gasteiger partial charge in [0.25, 0.3) is 0 Å². The summed E-state index contributed by atoms with van der Waals surface area (Å²) in [5, 5.41) is 7.11. The van der Waals surface area contributed by atoms with Gasteiger partial charge >= 0.3 is 5.97 Å². The van der Waals surface area contributed by atoms with Crippen LogP contribution in [0.15, 0.2) is 0 Å². The molecule has 74 valence electrons. The maximum atomic E-state index is 11.3. The molecule has 1 fully saturated rings. The Balaban J connectivity index is 2.31. The maximum Gasteiger partial charge on any atom is 0.308 e. The fourth-order valence-corrected chi connectivity index (χ4v) is 1.78. The molecule has 3 heteroatoms. The molecule has 0 radical (unpaired) electrons. The third-order valence-electron chi connectivity index (χ3n) is 2.63. The molecule has 0 aromatic rings. The Morgan fingerprint density at radius 3 is 2.54 bits per heavy atom. The predicted octanol–water partition coefficient (Wildman–Crippen LogP) is 2.01. The molecule has 0 unspecified atom stereocenters. The van der Waals surface area contributed by atoms with Crippen molar-refractivity contribution in [3.63, 3.8) is 0 Å². The summed E-state index contributed by atoms with van der Waals surface area (Å²) >= 11 is 0. The molecular formula is C10H17NO2. The Labute approximate surface area is 79.0 Å². The molecule has 0 bridgehead atoms. The molecule has 1 aliphatic rings. The lowest BCUT2D eigenvalue weighted by Crippen LogP contribution is -2.24. The predicted molar refractivity (Wildman–Crippen MR) is 50.9 cm³/mol. The van der Waals surface area contributed by atoms with Crippen LogP contribution in [-0.2, 0) is 9.53 Å². The van der Waals surface area contributed by atoms with Crippen LogP contribution < -0.4 is 0 Å². The van der Waals surface area contributed by atoms with Crippen LogP contribution in [0.5, 0.6) is 0 Å². The average molecular weight is 183 g/mol. The highest BCUT2D eigenvalue weighted by molar-refractivity contribution is 5.72. The molecule has 0 heterocycles. The van der Waals surface area contributed by atoms with Gasteiger partial charge in [-0.2, -0.15) is 0 Å². The van der Waals surface area contributed by atoms with Crippen LogP contribution in [0, 0.1) is 17.2 Å². The van der Waals surface area contributed by atoms with Crippen molar-refractivity contribution < 1.29 is 9.53 Å². The second kappa shape index (κ2) is 5.00. The zero-order valence-electron chi connectivity index (χ0n) is 8.08. The highest BCUT2D eigenvalue weighted by Gasteiger charge is 2.25. The molecule has 0 amide bonds. The summed E-state index contributed by atoms with van der Waals surface area (Å²) in [6, 6.07) is 0. The monoisotopic (exact) mass is 183 g/mol. The molecule has 13 heavy (non-hydrogen) atoms. The highest BCUT2D eigenvalue weighted by Crippen LogP contribution is 2.28. The first-order valence-electron chi connectivity index (χ1n) is 4.95. The molecule has 0 aromatic carbocycles. The van der Waals surface area contributed by atoms with Gasteiger partial charge in [-0.25, -0.2) is 0 Å². The van der Waals surface area contributed by atoms with Gasteiger partial charge in [0.05, 0.1) is 12.5 Å². The molecule has 1 rings (SSSR count). The molecular weight excluding hydrogens is 166 g/mol. The second-order valence-corrected chi connectivity index (χ2v) is 3.53. The van der Waals surface area contributed by atoms with Crippen LogP contribution >= 0.6 is 0 Å². The summed E-state index contributed by atoms with van der Waals surface area (Å²) in [5.74, 6) is 0.438. The number of carbonyl (C=O) groups is 1. The molecule has 1 saturated carbocycles. The standard InChI is InChI=1S/C10H17NO2/c1-2-13-10(12)9-5-3-8(7-11)4-6-9/h7-9,11H,2-6H2,1H3. The number of hydrogen-bond acceptors (Lipinski definition) is 3. The van der Waals surface area contributed by atoms with E-state index in [0.29, 0.717) is 12.5 Å². The van der Waals surface area contributed by atoms with E-state index >= 15 is 0 Å². The summed E-state index contributed by atoms with van der Waals surface area (Å²) < 4.78 is 4.95. The number of hydrogen-bond donors (Lipinski definition) is 1. The van der Waals surface area contributed by atoms with Gasteiger partial charge in [0.15, 0.2) is 0 Å². The number of esters is 1. The van der Waals surface area contributed by atoms with Crippen LogP contribution in [0.2, 0.25) is 0 Å². The minimum atomic E-state index is -0.0501. The van der Waals surface area contributed by atoms with Crippen molar-refractivity contribution in [1.29, 1.82) is 5.41 Å². The van der Waals surface area contributed by atoms with Crippen molar-refractivity contribution in [1.82, 2.24) is 0 Å². The number of rotatable bonds is 3. The zero-order chi connectivity index (χ0) is 9.68. The van der Waals surface area contributed by atoms with Crippen molar-refractivity contribution in [3.8, 4) is 0 Å². The van der Waals surface area contributed by atoms with Gasteiger partial charge in [-0.1, -0.05) is 0 Å². The molecule has 3 nitrogen and oxygen atoms in total. The first-order chi connectivity index (χ1) is 6.27. The smallest absolute Gasteiger partial charge is 0.308 e. The molecule has 0 atom stereocenters. The average Bonchev–Trinajstić information content (AvgIpc) is 2.18. The van der Waals surface area contributed by atoms with Crippen molar-refractivity contribution in [2.45, 2.75) is 32.6 Å². The van der Waals surface area contributed by atoms with Crippen LogP contribution in [0.3, 0.4) is 0 Å². The van der Waals surface area contributed by atoms with E-state index in [-0.39, 0.29) is 11.9 Å². The minimum absolute atomic E-state index is 0.0501. The lowest BCUT2D eigenvalue weighted by atomic mass is 9.83. The Morgan fingerprint density at radius 1 is 1.46 bits per heavy atom. The SMILES string of the molecule is CCOC(=O)C1CCC(C=N)CC1. The van der Waals surface area contributed by atoms with Crippen molar-refractivity contribution >= 4 is 12.2 Å². The van der Waals surface area contributed by atoms with Crippen molar-refractivity contribution in [3.05, 3.63) is 0 Å². The largest absolute Gasteiger partial charge is 0.466 e. The number of carbonyl (C=O) groups excluding carboxylic acids is 1. The van der Waals surface area contributed by atoms with E-state index in [1.807, 2.05) is 6.92 Å². The van der Waals surface area contributed by atoms with Gasteiger partial charge < -0.3 is 10.1 Å². The van der Waals surface area contributed by atoms with E-state index in [4.69, 9.17) is 10.1 Å². The van der Waals surface area contributed by atoms with E-state index in [1.54, 1.807) is 0 Å². The van der Waals surface area contributed by atoms with Crippen LogP contribution in [0.1, 0.15) is 32.6 Å². The minimum Gasteiger partial charge on any atom is -0.466 e. The lowest BCUT2D eigenvalue weighted by Gasteiger charge is -2.24. The van der Waals surface area contributed by atoms with Crippen molar-refractivity contribution in [2.24, 2.45) is 11.8 Å². The first kappa shape index (κ1) is 10.2. The first-order valence-corrected chi connectivity index (χ1v) is 4.95. The Bertz CT molecular complexity index is 183. The van der Waals surface area contributed by atoms with Crippen LogP contribution in [-0.4, -0.2) is 18.8 Å². The summed E-state index contributed by atoms with van der Waals surface area (Å²) in [7, 11) is 0. The van der Waals surface area contributed by atoms with Gasteiger partial charge in [-0.3, -0.25) is 4.79 Å². The van der Waals surface area contributed by atoms with E-state index in [0.717, 1.165) is 25.7 Å². The molecule has 1 N–H and O–H groups in total. The van der Waals surface area contributed by atoms with Gasteiger partial charge in [0, 0.05) is 0 Å². The molecule has 0 aliphatic heterocycles. The summed E-state index contributed by atoms with van der Waals surface area (Å²) in [4.78, 5) is 11.3. The van der Waals surface area contributed by atoms with Crippen LogP contribution in [0.25, 0.3) is 0 Å². The van der Waals surface area contributed by atoms with Gasteiger partial charge in [-0.05, 0) is 44.7 Å². The van der Waals surface area contributed by atoms with E-state index in [9.17, 15) is 4.79 Å². The molecule has 0 aromatic heterocycles. The highest BCUT2D eigenvalue weighted by atomic mass is 16.5. The van der Waals surface area contributed by atoms with E-state index in [1.165, 1.54) is 6.21 Å². The molecule has 1 aliphatic carbocycles. The topological polar surface area (TPSA) is 50.2 Å². The number of ether oxygens (including phenoxy) is 1. The van der Waals surface area contributed by atoms with Gasteiger partial charge in [0.1, 0.15) is 0 Å². The van der Waals surface area contributed by atoms with Gasteiger partial charge in [0.2, 0.25) is 0 Å². The Morgan fingerprint density at radius 2 is 2.08 bits per heavy atom. The lowest BCUT2D eigenvalue weighted by molar-refractivity contribution is -0.149. The summed E-state index contributed by atoms with van der Waals surface area (Å²) in [5.41, 5.74) is 0. The van der Waals surface area contributed by atoms with Crippen LogP contribution in [0.4, 0.5) is 0 Å². The van der Waals surface area contributed by atoms with E-state index in [2.05, 4.69) is 0 Å². The molecule has 0 spiro atoms. The fraction of sp³-hybridized carbons (Fsp3) is 0.800. The zero-order valence-corrected chi connectivity index (χ0v) is 8.08. The normalized spacial score (nSPS) is 28.1.